The molecular formula is C9H11ClN2OS. The molecule has 0 saturated heterocycles. The second-order valence-corrected chi connectivity index (χ2v) is 4.99. The van der Waals surface area contributed by atoms with Gasteiger partial charge in [-0.05, 0) is 6.92 Å². The zero-order chi connectivity index (χ0) is 10.7. The van der Waals surface area contributed by atoms with E-state index in [1.54, 1.807) is 6.92 Å². The van der Waals surface area contributed by atoms with Crippen molar-refractivity contribution in [1.82, 2.24) is 9.97 Å². The molecule has 0 radical (unpaired) electrons. The number of halogens is 1. The van der Waals surface area contributed by atoms with Gasteiger partial charge in [-0.25, -0.2) is 9.97 Å². The van der Waals surface area contributed by atoms with Crippen molar-refractivity contribution in [2.45, 2.75) is 31.0 Å². The molecule has 0 aromatic carbocycles. The van der Waals surface area contributed by atoms with Crippen LogP contribution >= 0.6 is 23.4 Å². The van der Waals surface area contributed by atoms with Crippen LogP contribution in [0.4, 0.5) is 0 Å². The molecule has 0 N–H and O–H groups in total. The molecule has 0 amide bonds. The molecule has 0 bridgehead atoms. The number of rotatable bonds is 3. The van der Waals surface area contributed by atoms with E-state index in [-0.39, 0.29) is 5.15 Å². The van der Waals surface area contributed by atoms with Gasteiger partial charge < -0.3 is 0 Å². The first kappa shape index (κ1) is 11.5. The average Bonchev–Trinajstić information content (AvgIpc) is 2.01. The predicted octanol–water partition coefficient (Wildman–Crippen LogP) is 2.75. The van der Waals surface area contributed by atoms with E-state index in [0.717, 1.165) is 0 Å². The lowest BCUT2D eigenvalue weighted by Crippen LogP contribution is -2.00. The number of carbonyl (C=O) groups is 1. The van der Waals surface area contributed by atoms with Crippen molar-refractivity contribution in [3.8, 4) is 0 Å². The van der Waals surface area contributed by atoms with Crippen molar-refractivity contribution in [2.75, 3.05) is 0 Å². The highest BCUT2D eigenvalue weighted by molar-refractivity contribution is 7.99. The molecule has 0 aliphatic heterocycles. The summed E-state index contributed by atoms with van der Waals surface area (Å²) in [5.74, 6) is 0.587. The third-order valence-electron chi connectivity index (χ3n) is 1.44. The van der Waals surface area contributed by atoms with Gasteiger partial charge in [-0.15, -0.1) is 11.8 Å². The summed E-state index contributed by atoms with van der Waals surface area (Å²) in [7, 11) is 0. The van der Waals surface area contributed by atoms with Crippen molar-refractivity contribution in [3.63, 3.8) is 0 Å². The monoisotopic (exact) mass is 230 g/mol. The van der Waals surface area contributed by atoms with Crippen LogP contribution in [0.2, 0.25) is 5.15 Å². The van der Waals surface area contributed by atoms with Crippen molar-refractivity contribution >= 4 is 29.6 Å². The maximum Gasteiger partial charge on any atom is 0.155 e. The van der Waals surface area contributed by atoms with E-state index in [4.69, 9.17) is 11.6 Å². The molecule has 1 heterocycles. The lowest BCUT2D eigenvalue weighted by molar-refractivity contribution is 0.112. The summed E-state index contributed by atoms with van der Waals surface area (Å²) in [6, 6.07) is 0. The van der Waals surface area contributed by atoms with Gasteiger partial charge >= 0.3 is 0 Å². The summed E-state index contributed by atoms with van der Waals surface area (Å²) in [6.45, 7) is 5.82. The molecule has 0 aliphatic rings. The molecule has 76 valence electrons. The number of hydrogen-bond donors (Lipinski definition) is 0. The number of aromatic nitrogens is 2. The maximum atomic E-state index is 10.8. The van der Waals surface area contributed by atoms with Crippen molar-refractivity contribution in [3.05, 3.63) is 16.5 Å². The summed E-state index contributed by atoms with van der Waals surface area (Å²) in [5, 5.41) is 1.25. The summed E-state index contributed by atoms with van der Waals surface area (Å²) in [5.41, 5.74) is 0.385. The third kappa shape index (κ3) is 2.69. The molecule has 1 rings (SSSR count). The fraction of sp³-hybridized carbons (Fsp3) is 0.444. The normalized spacial score (nSPS) is 10.6. The molecule has 1 aromatic heterocycles. The van der Waals surface area contributed by atoms with Gasteiger partial charge in [0.2, 0.25) is 0 Å². The topological polar surface area (TPSA) is 42.9 Å². The third-order valence-corrected chi connectivity index (χ3v) is 2.74. The second kappa shape index (κ2) is 4.75. The molecule has 0 spiro atoms. The quantitative estimate of drug-likeness (QED) is 0.455. The Morgan fingerprint density at radius 2 is 2.07 bits per heavy atom. The lowest BCUT2D eigenvalue weighted by atomic mass is 10.4. The smallest absolute Gasteiger partial charge is 0.155 e. The summed E-state index contributed by atoms with van der Waals surface area (Å²) in [6.07, 6.45) is 0.701. The van der Waals surface area contributed by atoms with Gasteiger partial charge in [0.1, 0.15) is 16.0 Å². The second-order valence-electron chi connectivity index (χ2n) is 3.06. The summed E-state index contributed by atoms with van der Waals surface area (Å²) in [4.78, 5) is 18.9. The highest BCUT2D eigenvalue weighted by Crippen LogP contribution is 2.27. The number of aldehydes is 1. The van der Waals surface area contributed by atoms with Crippen LogP contribution in [-0.4, -0.2) is 21.5 Å². The molecule has 0 fully saturated rings. The van der Waals surface area contributed by atoms with E-state index in [2.05, 4.69) is 9.97 Å². The Balaban J connectivity index is 3.17. The summed E-state index contributed by atoms with van der Waals surface area (Å²) < 4.78 is 0. The maximum absolute atomic E-state index is 10.8. The van der Waals surface area contributed by atoms with Gasteiger partial charge in [0.25, 0.3) is 0 Å². The fourth-order valence-electron chi connectivity index (χ4n) is 0.935. The standard InChI is InChI=1S/C9H11ClN2OS/c1-5(2)14-9-7(4-13)8(10)11-6(3)12-9/h4-5H,1-3H3. The fourth-order valence-corrected chi connectivity index (χ4v) is 2.15. The van der Waals surface area contributed by atoms with Crippen LogP contribution in [-0.2, 0) is 0 Å². The van der Waals surface area contributed by atoms with Gasteiger partial charge in [-0.1, -0.05) is 25.4 Å². The van der Waals surface area contributed by atoms with Crippen molar-refractivity contribution < 1.29 is 4.79 Å². The molecule has 14 heavy (non-hydrogen) atoms. The van der Waals surface area contributed by atoms with E-state index in [1.807, 2.05) is 13.8 Å². The molecule has 0 aliphatic carbocycles. The highest BCUT2D eigenvalue weighted by Gasteiger charge is 2.12. The van der Waals surface area contributed by atoms with E-state index in [9.17, 15) is 4.79 Å². The van der Waals surface area contributed by atoms with Gasteiger partial charge in [0.15, 0.2) is 6.29 Å². The SMILES string of the molecule is Cc1nc(Cl)c(C=O)c(SC(C)C)n1. The Morgan fingerprint density at radius 3 is 2.57 bits per heavy atom. The van der Waals surface area contributed by atoms with Crippen LogP contribution in [0.15, 0.2) is 5.03 Å². The van der Waals surface area contributed by atoms with Crippen LogP contribution in [0, 0.1) is 6.92 Å². The first-order valence-corrected chi connectivity index (χ1v) is 5.46. The Labute approximate surface area is 92.3 Å². The van der Waals surface area contributed by atoms with Crippen molar-refractivity contribution in [1.29, 1.82) is 0 Å². The largest absolute Gasteiger partial charge is 0.298 e. The first-order valence-electron chi connectivity index (χ1n) is 4.20. The number of nitrogens with zero attached hydrogens (tertiary/aromatic N) is 2. The van der Waals surface area contributed by atoms with Crippen LogP contribution < -0.4 is 0 Å². The zero-order valence-electron chi connectivity index (χ0n) is 8.24. The molecule has 0 unspecified atom stereocenters. The van der Waals surface area contributed by atoms with E-state index >= 15 is 0 Å². The van der Waals surface area contributed by atoms with Crippen LogP contribution in [0.3, 0.4) is 0 Å². The van der Waals surface area contributed by atoms with Crippen LogP contribution in [0.25, 0.3) is 0 Å². The minimum atomic E-state index is 0.232. The Kier molecular flexibility index (Phi) is 3.89. The number of aryl methyl sites for hydroxylation is 1. The van der Waals surface area contributed by atoms with Gasteiger partial charge in [-0.3, -0.25) is 4.79 Å². The molecule has 0 saturated carbocycles. The molecule has 1 aromatic rings. The number of hydrogen-bond acceptors (Lipinski definition) is 4. The Bertz CT molecular complexity index is 355. The van der Waals surface area contributed by atoms with Gasteiger partial charge in [-0.2, -0.15) is 0 Å². The van der Waals surface area contributed by atoms with E-state index in [1.165, 1.54) is 11.8 Å². The summed E-state index contributed by atoms with van der Waals surface area (Å²) >= 11 is 7.33. The minimum Gasteiger partial charge on any atom is -0.298 e. The number of thioether (sulfide) groups is 1. The van der Waals surface area contributed by atoms with Crippen molar-refractivity contribution in [2.24, 2.45) is 0 Å². The predicted molar refractivity (Wildman–Crippen MR) is 58.2 cm³/mol. The molecular weight excluding hydrogens is 220 g/mol. The van der Waals surface area contributed by atoms with Crippen LogP contribution in [0.5, 0.6) is 0 Å². The van der Waals surface area contributed by atoms with Gasteiger partial charge in [0.05, 0.1) is 5.56 Å². The minimum absolute atomic E-state index is 0.232. The molecule has 3 nitrogen and oxygen atoms in total. The number of carbonyl (C=O) groups excluding carboxylic acids is 1. The lowest BCUT2D eigenvalue weighted by Gasteiger charge is -2.07. The van der Waals surface area contributed by atoms with E-state index in [0.29, 0.717) is 27.9 Å². The molecule has 0 atom stereocenters. The Morgan fingerprint density at radius 1 is 1.43 bits per heavy atom. The molecule has 5 heteroatoms. The zero-order valence-corrected chi connectivity index (χ0v) is 9.82. The van der Waals surface area contributed by atoms with E-state index < -0.39 is 0 Å². The average molecular weight is 231 g/mol. The van der Waals surface area contributed by atoms with Gasteiger partial charge in [0, 0.05) is 5.25 Å². The first-order chi connectivity index (χ1) is 6.54. The Hall–Kier alpha value is -0.610. The van der Waals surface area contributed by atoms with Crippen LogP contribution in [0.1, 0.15) is 30.0 Å². The highest BCUT2D eigenvalue weighted by atomic mass is 35.5.